The number of nitrogens with one attached hydrogen (secondary N) is 1. The SMILES string of the molecule is N#Cc1ccc(NC2CCN(C(=O)CCCN3CCN(c4ccc5ccccc5n4)CC3)CC2)cc1C(F)(F)F. The van der Waals surface area contributed by atoms with Gasteiger partial charge in [0.15, 0.2) is 0 Å². The normalized spacial score (nSPS) is 17.1. The van der Waals surface area contributed by atoms with Gasteiger partial charge < -0.3 is 15.1 Å². The van der Waals surface area contributed by atoms with Crippen molar-refractivity contribution >= 4 is 28.3 Å². The molecule has 3 heterocycles. The first-order chi connectivity index (χ1) is 19.3. The van der Waals surface area contributed by atoms with Crippen LogP contribution in [0.4, 0.5) is 24.7 Å². The number of aromatic nitrogens is 1. The number of halogens is 3. The number of amides is 1. The van der Waals surface area contributed by atoms with Crippen LogP contribution in [0.5, 0.6) is 0 Å². The highest BCUT2D eigenvalue weighted by Gasteiger charge is 2.34. The van der Waals surface area contributed by atoms with Crippen molar-refractivity contribution in [1.82, 2.24) is 14.8 Å². The molecule has 2 saturated heterocycles. The first kappa shape index (κ1) is 27.7. The minimum atomic E-state index is -4.58. The second-order valence-corrected chi connectivity index (χ2v) is 10.5. The number of para-hydroxylation sites is 1. The van der Waals surface area contributed by atoms with Crippen molar-refractivity contribution in [2.45, 2.75) is 37.9 Å². The molecule has 0 radical (unpaired) electrons. The van der Waals surface area contributed by atoms with Gasteiger partial charge in [0.25, 0.3) is 0 Å². The van der Waals surface area contributed by atoms with E-state index in [2.05, 4.69) is 33.3 Å². The van der Waals surface area contributed by atoms with Gasteiger partial charge in [-0.05, 0) is 62.2 Å². The molecule has 210 valence electrons. The maximum absolute atomic E-state index is 13.3. The molecule has 0 unspecified atom stereocenters. The molecule has 3 aromatic rings. The summed E-state index contributed by atoms with van der Waals surface area (Å²) in [6, 6.07) is 17.6. The topological polar surface area (TPSA) is 75.5 Å². The maximum Gasteiger partial charge on any atom is 0.417 e. The van der Waals surface area contributed by atoms with Gasteiger partial charge in [0.1, 0.15) is 5.82 Å². The number of pyridine rings is 1. The van der Waals surface area contributed by atoms with Gasteiger partial charge in [-0.25, -0.2) is 4.98 Å². The minimum Gasteiger partial charge on any atom is -0.382 e. The summed E-state index contributed by atoms with van der Waals surface area (Å²) in [6.45, 7) is 5.72. The summed E-state index contributed by atoms with van der Waals surface area (Å²) < 4.78 is 39.8. The summed E-state index contributed by atoms with van der Waals surface area (Å²) in [5.41, 5.74) is 0.0276. The molecule has 0 saturated carbocycles. The minimum absolute atomic E-state index is 0.0218. The number of likely N-dealkylation sites (tertiary alicyclic amines) is 1. The van der Waals surface area contributed by atoms with E-state index in [0.29, 0.717) is 38.0 Å². The molecule has 2 aromatic carbocycles. The molecule has 10 heteroatoms. The molecule has 0 atom stereocenters. The van der Waals surface area contributed by atoms with Crippen LogP contribution in [0, 0.1) is 11.3 Å². The zero-order chi connectivity index (χ0) is 28.1. The molecule has 7 nitrogen and oxygen atoms in total. The van der Waals surface area contributed by atoms with Crippen molar-refractivity contribution in [1.29, 1.82) is 5.26 Å². The monoisotopic (exact) mass is 550 g/mol. The number of carbonyl (C=O) groups excluding carboxylic acids is 1. The molecular formula is C30H33F3N6O. The Hall–Kier alpha value is -3.84. The van der Waals surface area contributed by atoms with E-state index in [-0.39, 0.29) is 17.5 Å². The van der Waals surface area contributed by atoms with E-state index in [0.717, 1.165) is 61.9 Å². The molecule has 0 spiro atoms. The van der Waals surface area contributed by atoms with Crippen molar-refractivity contribution < 1.29 is 18.0 Å². The Labute approximate surface area is 232 Å². The molecular weight excluding hydrogens is 517 g/mol. The number of anilines is 2. The lowest BCUT2D eigenvalue weighted by atomic mass is 10.0. The smallest absolute Gasteiger partial charge is 0.382 e. The van der Waals surface area contributed by atoms with Crippen LogP contribution >= 0.6 is 0 Å². The second-order valence-electron chi connectivity index (χ2n) is 10.5. The van der Waals surface area contributed by atoms with E-state index in [4.69, 9.17) is 10.2 Å². The van der Waals surface area contributed by atoms with Crippen molar-refractivity contribution in [3.05, 3.63) is 65.7 Å². The number of nitrogens with zero attached hydrogens (tertiary/aromatic N) is 5. The van der Waals surface area contributed by atoms with Gasteiger partial charge in [0.2, 0.25) is 5.91 Å². The number of carbonyl (C=O) groups is 1. The van der Waals surface area contributed by atoms with Gasteiger partial charge in [-0.3, -0.25) is 9.69 Å². The molecule has 2 aliphatic rings. The number of hydrogen-bond donors (Lipinski definition) is 1. The van der Waals surface area contributed by atoms with Crippen LogP contribution in [0.2, 0.25) is 0 Å². The van der Waals surface area contributed by atoms with Crippen LogP contribution in [-0.2, 0) is 11.0 Å². The fourth-order valence-corrected chi connectivity index (χ4v) is 5.52. The van der Waals surface area contributed by atoms with Gasteiger partial charge in [0, 0.05) is 62.8 Å². The van der Waals surface area contributed by atoms with Crippen LogP contribution in [0.3, 0.4) is 0 Å². The molecule has 0 bridgehead atoms. The van der Waals surface area contributed by atoms with Crippen LogP contribution in [0.1, 0.15) is 36.8 Å². The van der Waals surface area contributed by atoms with Crippen LogP contribution in [-0.4, -0.2) is 72.5 Å². The van der Waals surface area contributed by atoms with Gasteiger partial charge >= 0.3 is 6.18 Å². The third-order valence-corrected chi connectivity index (χ3v) is 7.81. The van der Waals surface area contributed by atoms with Gasteiger partial charge in [-0.15, -0.1) is 0 Å². The lowest BCUT2D eigenvalue weighted by molar-refractivity contribution is -0.137. The molecule has 2 aliphatic heterocycles. The molecule has 2 fully saturated rings. The lowest BCUT2D eigenvalue weighted by Crippen LogP contribution is -2.47. The summed E-state index contributed by atoms with van der Waals surface area (Å²) in [7, 11) is 0. The largest absolute Gasteiger partial charge is 0.417 e. The molecule has 40 heavy (non-hydrogen) atoms. The Kier molecular flexibility index (Phi) is 8.40. The molecule has 5 rings (SSSR count). The van der Waals surface area contributed by atoms with E-state index in [9.17, 15) is 18.0 Å². The summed E-state index contributed by atoms with van der Waals surface area (Å²) in [4.78, 5) is 24.2. The third kappa shape index (κ3) is 6.65. The summed E-state index contributed by atoms with van der Waals surface area (Å²) in [5, 5.41) is 13.3. The number of alkyl halides is 3. The maximum atomic E-state index is 13.3. The third-order valence-electron chi connectivity index (χ3n) is 7.81. The summed E-state index contributed by atoms with van der Waals surface area (Å²) in [6.07, 6.45) is -1.96. The first-order valence-electron chi connectivity index (χ1n) is 13.8. The van der Waals surface area contributed by atoms with E-state index in [1.165, 1.54) is 12.1 Å². The Morgan fingerprint density at radius 2 is 1.75 bits per heavy atom. The number of rotatable bonds is 7. The van der Waals surface area contributed by atoms with Gasteiger partial charge in [-0.1, -0.05) is 18.2 Å². The average Bonchev–Trinajstić information content (AvgIpc) is 2.97. The summed E-state index contributed by atoms with van der Waals surface area (Å²) in [5.74, 6) is 1.14. The standard InChI is InChI=1S/C30H33F3N6O/c31-30(32,33)26-20-25(9-7-23(26)21-34)35-24-11-14-39(15-12-24)29(40)6-3-13-37-16-18-38(19-17-37)28-10-8-22-4-1-2-5-27(22)36-28/h1-2,4-5,7-10,20,24,35H,3,6,11-19H2. The number of fused-ring (bicyclic) bond motifs is 1. The second kappa shape index (κ2) is 12.1. The van der Waals surface area contributed by atoms with Crippen molar-refractivity contribution in [3.8, 4) is 6.07 Å². The molecule has 1 N–H and O–H groups in total. The van der Waals surface area contributed by atoms with Gasteiger partial charge in [-0.2, -0.15) is 18.4 Å². The van der Waals surface area contributed by atoms with Crippen LogP contribution < -0.4 is 10.2 Å². The highest BCUT2D eigenvalue weighted by Crippen LogP contribution is 2.34. The number of piperazine rings is 1. The van der Waals surface area contributed by atoms with E-state index in [1.54, 1.807) is 6.07 Å². The number of hydrogen-bond acceptors (Lipinski definition) is 6. The lowest BCUT2D eigenvalue weighted by Gasteiger charge is -2.36. The zero-order valence-electron chi connectivity index (χ0n) is 22.3. The van der Waals surface area contributed by atoms with Crippen molar-refractivity contribution in [2.75, 3.05) is 56.0 Å². The molecule has 1 aromatic heterocycles. The van der Waals surface area contributed by atoms with E-state index in [1.807, 2.05) is 23.1 Å². The fraction of sp³-hybridized carbons (Fsp3) is 0.433. The van der Waals surface area contributed by atoms with Crippen molar-refractivity contribution in [3.63, 3.8) is 0 Å². The fourth-order valence-electron chi connectivity index (χ4n) is 5.52. The Bertz CT molecular complexity index is 1370. The number of nitriles is 1. The van der Waals surface area contributed by atoms with Crippen molar-refractivity contribution in [2.24, 2.45) is 0 Å². The Morgan fingerprint density at radius 3 is 2.48 bits per heavy atom. The highest BCUT2D eigenvalue weighted by atomic mass is 19.4. The predicted octanol–water partition coefficient (Wildman–Crippen LogP) is 5.13. The molecule has 0 aliphatic carbocycles. The van der Waals surface area contributed by atoms with E-state index < -0.39 is 11.7 Å². The van der Waals surface area contributed by atoms with E-state index >= 15 is 0 Å². The molecule has 1 amide bonds. The quantitative estimate of drug-likeness (QED) is 0.440. The van der Waals surface area contributed by atoms with Gasteiger partial charge in [0.05, 0.1) is 22.7 Å². The summed E-state index contributed by atoms with van der Waals surface area (Å²) >= 11 is 0. The Balaban J connectivity index is 1.02. The number of benzene rings is 2. The highest BCUT2D eigenvalue weighted by molar-refractivity contribution is 5.80. The zero-order valence-corrected chi connectivity index (χ0v) is 22.3. The van der Waals surface area contributed by atoms with Crippen LogP contribution in [0.15, 0.2) is 54.6 Å². The first-order valence-corrected chi connectivity index (χ1v) is 13.8. The van der Waals surface area contributed by atoms with Crippen LogP contribution in [0.25, 0.3) is 10.9 Å². The predicted molar refractivity (Wildman–Crippen MR) is 149 cm³/mol. The average molecular weight is 551 g/mol. The number of piperidine rings is 1. The Morgan fingerprint density at radius 1 is 1.00 bits per heavy atom.